The Morgan fingerprint density at radius 3 is 2.35 bits per heavy atom. The molecule has 2 aliphatic heterocycles. The van der Waals surface area contributed by atoms with Gasteiger partial charge in [-0.25, -0.2) is 9.97 Å². The molecule has 7 heteroatoms. The van der Waals surface area contributed by atoms with Crippen molar-refractivity contribution < 1.29 is 0 Å². The summed E-state index contributed by atoms with van der Waals surface area (Å²) in [5.74, 6) is 5.11. The second-order valence-corrected chi connectivity index (χ2v) is 7.33. The lowest BCUT2D eigenvalue weighted by Gasteiger charge is -2.33. The van der Waals surface area contributed by atoms with Crippen LogP contribution in [0, 0.1) is 0 Å². The van der Waals surface area contributed by atoms with Gasteiger partial charge >= 0.3 is 0 Å². The summed E-state index contributed by atoms with van der Waals surface area (Å²) in [4.78, 5) is 13.7. The predicted molar refractivity (Wildman–Crippen MR) is 94.3 cm³/mol. The van der Waals surface area contributed by atoms with Gasteiger partial charge in [0.1, 0.15) is 18.0 Å². The fraction of sp³-hybridized carbons (Fsp3) is 0.562. The maximum Gasteiger partial charge on any atom is 0.134 e. The summed E-state index contributed by atoms with van der Waals surface area (Å²) in [6.07, 6.45) is 5.84. The lowest BCUT2D eigenvalue weighted by molar-refractivity contribution is 0.493. The van der Waals surface area contributed by atoms with Gasteiger partial charge in [-0.3, -0.25) is 5.10 Å². The summed E-state index contributed by atoms with van der Waals surface area (Å²) in [6, 6.07) is 4.25. The minimum Gasteiger partial charge on any atom is -0.356 e. The van der Waals surface area contributed by atoms with Gasteiger partial charge in [-0.05, 0) is 18.9 Å². The van der Waals surface area contributed by atoms with E-state index in [-0.39, 0.29) is 0 Å². The summed E-state index contributed by atoms with van der Waals surface area (Å²) in [5, 5.41) is 7.18. The largest absolute Gasteiger partial charge is 0.356 e. The monoisotopic (exact) mass is 330 g/mol. The molecule has 0 aliphatic carbocycles. The number of rotatable bonds is 3. The predicted octanol–water partition coefficient (Wildman–Crippen LogP) is 2.14. The third-order valence-corrected chi connectivity index (χ3v) is 5.70. The second kappa shape index (κ2) is 6.78. The quantitative estimate of drug-likeness (QED) is 0.930. The van der Waals surface area contributed by atoms with E-state index in [9.17, 15) is 0 Å². The van der Waals surface area contributed by atoms with Crippen LogP contribution in [0.4, 0.5) is 11.6 Å². The van der Waals surface area contributed by atoms with Crippen LogP contribution in [-0.4, -0.2) is 57.9 Å². The minimum absolute atomic E-state index is 0.592. The molecule has 0 spiro atoms. The number of nitrogens with zero attached hydrogens (tertiary/aromatic N) is 5. The molecular formula is C16H22N6S. The Morgan fingerprint density at radius 1 is 1.00 bits per heavy atom. The summed E-state index contributed by atoms with van der Waals surface area (Å²) < 4.78 is 0. The molecular weight excluding hydrogens is 308 g/mol. The Labute approximate surface area is 140 Å². The number of aromatic nitrogens is 4. The number of piperidine rings is 1. The highest BCUT2D eigenvalue weighted by Gasteiger charge is 2.23. The molecule has 0 saturated carbocycles. The first-order valence-corrected chi connectivity index (χ1v) is 9.44. The third-order valence-electron chi connectivity index (χ3n) is 4.75. The number of thioether (sulfide) groups is 1. The van der Waals surface area contributed by atoms with E-state index in [1.165, 1.54) is 17.2 Å². The summed E-state index contributed by atoms with van der Waals surface area (Å²) in [5.41, 5.74) is 1.26. The molecule has 2 aromatic heterocycles. The fourth-order valence-electron chi connectivity index (χ4n) is 3.39. The smallest absolute Gasteiger partial charge is 0.134 e. The van der Waals surface area contributed by atoms with Gasteiger partial charge in [-0.2, -0.15) is 16.9 Å². The van der Waals surface area contributed by atoms with E-state index in [0.29, 0.717) is 5.92 Å². The molecule has 1 N–H and O–H groups in total. The van der Waals surface area contributed by atoms with Gasteiger partial charge in [0.2, 0.25) is 0 Å². The normalized spacial score (nSPS) is 20.0. The zero-order valence-corrected chi connectivity index (χ0v) is 14.0. The molecule has 2 saturated heterocycles. The molecule has 0 amide bonds. The number of nitrogens with one attached hydrogen (secondary N) is 1. The van der Waals surface area contributed by atoms with Crippen LogP contribution < -0.4 is 9.80 Å². The van der Waals surface area contributed by atoms with Gasteiger partial charge in [0.05, 0.1) is 0 Å². The molecule has 0 unspecified atom stereocenters. The van der Waals surface area contributed by atoms with Crippen molar-refractivity contribution >= 4 is 23.4 Å². The van der Waals surface area contributed by atoms with Crippen LogP contribution in [0.1, 0.15) is 24.5 Å². The first kappa shape index (κ1) is 14.8. The second-order valence-electron chi connectivity index (χ2n) is 6.11. The van der Waals surface area contributed by atoms with E-state index in [4.69, 9.17) is 0 Å². The fourth-order valence-corrected chi connectivity index (χ4v) is 4.29. The van der Waals surface area contributed by atoms with Crippen molar-refractivity contribution in [3.05, 3.63) is 30.4 Å². The number of hydrogen-bond donors (Lipinski definition) is 1. The van der Waals surface area contributed by atoms with Crippen LogP contribution in [0.5, 0.6) is 0 Å². The summed E-state index contributed by atoms with van der Waals surface area (Å²) in [6.45, 7) is 4.25. The van der Waals surface area contributed by atoms with Crippen LogP contribution in [0.15, 0.2) is 24.7 Å². The topological polar surface area (TPSA) is 60.9 Å². The molecule has 122 valence electrons. The molecule has 4 rings (SSSR count). The summed E-state index contributed by atoms with van der Waals surface area (Å²) in [7, 11) is 0. The molecule has 2 fully saturated rings. The van der Waals surface area contributed by atoms with Gasteiger partial charge in [0, 0.05) is 61.6 Å². The zero-order chi connectivity index (χ0) is 15.5. The molecule has 23 heavy (non-hydrogen) atoms. The minimum atomic E-state index is 0.592. The van der Waals surface area contributed by atoms with Crippen molar-refractivity contribution in [2.45, 2.75) is 18.8 Å². The lowest BCUT2D eigenvalue weighted by Crippen LogP contribution is -2.35. The Balaban J connectivity index is 1.42. The molecule has 4 heterocycles. The first-order valence-electron chi connectivity index (χ1n) is 8.29. The number of hydrogen-bond acceptors (Lipinski definition) is 6. The van der Waals surface area contributed by atoms with Crippen LogP contribution in [0.25, 0.3) is 0 Å². The highest BCUT2D eigenvalue weighted by molar-refractivity contribution is 7.99. The van der Waals surface area contributed by atoms with E-state index in [1.807, 2.05) is 18.0 Å². The van der Waals surface area contributed by atoms with E-state index >= 15 is 0 Å². The van der Waals surface area contributed by atoms with E-state index in [0.717, 1.165) is 50.7 Å². The number of H-pyrrole nitrogens is 1. The van der Waals surface area contributed by atoms with Gasteiger partial charge in [0.25, 0.3) is 0 Å². The van der Waals surface area contributed by atoms with E-state index in [2.05, 4.69) is 42.1 Å². The number of anilines is 2. The molecule has 2 aliphatic rings. The molecule has 0 atom stereocenters. The Hall–Kier alpha value is -1.76. The zero-order valence-electron chi connectivity index (χ0n) is 13.2. The highest BCUT2D eigenvalue weighted by Crippen LogP contribution is 2.29. The van der Waals surface area contributed by atoms with E-state index < -0.39 is 0 Å². The lowest BCUT2D eigenvalue weighted by atomic mass is 9.94. The van der Waals surface area contributed by atoms with Crippen molar-refractivity contribution in [1.82, 2.24) is 20.2 Å². The Morgan fingerprint density at radius 2 is 1.70 bits per heavy atom. The van der Waals surface area contributed by atoms with Gasteiger partial charge < -0.3 is 9.80 Å². The molecule has 0 radical (unpaired) electrons. The van der Waals surface area contributed by atoms with Crippen molar-refractivity contribution in [2.75, 3.05) is 47.5 Å². The highest BCUT2D eigenvalue weighted by atomic mass is 32.2. The Bertz CT molecular complexity index is 617. The Kier molecular flexibility index (Phi) is 4.37. The third kappa shape index (κ3) is 3.29. The van der Waals surface area contributed by atoms with E-state index in [1.54, 1.807) is 6.33 Å². The average Bonchev–Trinajstić information content (AvgIpc) is 3.17. The van der Waals surface area contributed by atoms with Crippen molar-refractivity contribution in [3.63, 3.8) is 0 Å². The van der Waals surface area contributed by atoms with Crippen LogP contribution in [-0.2, 0) is 0 Å². The molecule has 2 aromatic rings. The van der Waals surface area contributed by atoms with Crippen LogP contribution >= 0.6 is 11.8 Å². The maximum atomic E-state index is 4.51. The average molecular weight is 330 g/mol. The molecule has 0 bridgehead atoms. The van der Waals surface area contributed by atoms with Crippen LogP contribution in [0.2, 0.25) is 0 Å². The van der Waals surface area contributed by atoms with Gasteiger partial charge in [-0.15, -0.1) is 0 Å². The molecule has 0 aromatic carbocycles. The first-order chi connectivity index (χ1) is 11.4. The standard InChI is InChI=1S/C16H22N6S/c1-4-19-20-14(1)13-2-5-21(6-3-13)15-11-16(18-12-17-15)22-7-9-23-10-8-22/h1,4,11-13H,2-3,5-10H2,(H,19,20). The number of aromatic amines is 1. The summed E-state index contributed by atoms with van der Waals surface area (Å²) >= 11 is 2.02. The SMILES string of the molecule is c1cc(C2CCN(c3cc(N4CCSCC4)ncn3)CC2)[nH]n1. The van der Waals surface area contributed by atoms with Crippen molar-refractivity contribution in [3.8, 4) is 0 Å². The van der Waals surface area contributed by atoms with Crippen molar-refractivity contribution in [2.24, 2.45) is 0 Å². The molecule has 6 nitrogen and oxygen atoms in total. The van der Waals surface area contributed by atoms with Gasteiger partial charge in [-0.1, -0.05) is 0 Å². The van der Waals surface area contributed by atoms with Crippen molar-refractivity contribution in [1.29, 1.82) is 0 Å². The maximum absolute atomic E-state index is 4.51. The van der Waals surface area contributed by atoms with Gasteiger partial charge in [0.15, 0.2) is 0 Å². The van der Waals surface area contributed by atoms with Crippen LogP contribution in [0.3, 0.4) is 0 Å².